The second-order valence-electron chi connectivity index (χ2n) is 8.82. The van der Waals surface area contributed by atoms with Crippen LogP contribution in [0.4, 0.5) is 5.95 Å². The lowest BCUT2D eigenvalue weighted by Crippen LogP contribution is -2.35. The predicted molar refractivity (Wildman–Crippen MR) is 121 cm³/mol. The fourth-order valence-corrected chi connectivity index (χ4v) is 5.37. The molecular formula is C23H26ClN7O. The summed E-state index contributed by atoms with van der Waals surface area (Å²) in [6.07, 6.45) is 6.65. The molecule has 0 radical (unpaired) electrons. The van der Waals surface area contributed by atoms with Crippen molar-refractivity contribution in [2.45, 2.75) is 44.3 Å². The summed E-state index contributed by atoms with van der Waals surface area (Å²) in [5.41, 5.74) is 2.37. The van der Waals surface area contributed by atoms with Gasteiger partial charge in [0.15, 0.2) is 5.82 Å². The van der Waals surface area contributed by atoms with Gasteiger partial charge in [-0.25, -0.2) is 9.97 Å². The summed E-state index contributed by atoms with van der Waals surface area (Å²) in [5, 5.41) is 10.2. The van der Waals surface area contributed by atoms with Crippen LogP contribution in [0.2, 0.25) is 5.02 Å². The molecule has 0 bridgehead atoms. The second kappa shape index (κ2) is 8.42. The average Bonchev–Trinajstić information content (AvgIpc) is 3.48. The number of hydrogen-bond acceptors (Lipinski definition) is 7. The molecule has 0 unspecified atom stereocenters. The molecule has 9 heteroatoms. The van der Waals surface area contributed by atoms with Crippen LogP contribution in [0, 0.1) is 0 Å². The van der Waals surface area contributed by atoms with Gasteiger partial charge in [-0.2, -0.15) is 0 Å². The van der Waals surface area contributed by atoms with E-state index in [0.29, 0.717) is 12.0 Å². The highest BCUT2D eigenvalue weighted by atomic mass is 35.5. The van der Waals surface area contributed by atoms with Crippen molar-refractivity contribution in [1.29, 1.82) is 0 Å². The molecule has 6 rings (SSSR count). The smallest absolute Gasteiger partial charge is 0.225 e. The van der Waals surface area contributed by atoms with Crippen molar-refractivity contribution in [2.24, 2.45) is 0 Å². The largest absolute Gasteiger partial charge is 0.380 e. The summed E-state index contributed by atoms with van der Waals surface area (Å²) in [5.74, 6) is 3.21. The van der Waals surface area contributed by atoms with E-state index in [1.165, 1.54) is 5.56 Å². The number of fused-ring (bicyclic) bond motifs is 3. The third kappa shape index (κ3) is 3.66. The zero-order valence-corrected chi connectivity index (χ0v) is 18.7. The van der Waals surface area contributed by atoms with E-state index in [4.69, 9.17) is 21.4 Å². The molecule has 32 heavy (non-hydrogen) atoms. The summed E-state index contributed by atoms with van der Waals surface area (Å²) >= 11 is 6.40. The zero-order valence-electron chi connectivity index (χ0n) is 17.9. The van der Waals surface area contributed by atoms with Gasteiger partial charge < -0.3 is 9.64 Å². The van der Waals surface area contributed by atoms with Crippen molar-refractivity contribution in [3.8, 4) is 5.69 Å². The van der Waals surface area contributed by atoms with Gasteiger partial charge in [-0.15, -0.1) is 10.2 Å². The monoisotopic (exact) mass is 451 g/mol. The maximum atomic E-state index is 6.40. The lowest BCUT2D eigenvalue weighted by atomic mass is 9.95. The molecular weight excluding hydrogens is 426 g/mol. The fraction of sp³-hybridized carbons (Fsp3) is 0.478. The number of nitrogens with zero attached hydrogens (tertiary/aromatic N) is 7. The topological polar surface area (TPSA) is 72.2 Å². The number of hydrogen-bond donors (Lipinski definition) is 0. The van der Waals surface area contributed by atoms with Gasteiger partial charge in [0.1, 0.15) is 5.82 Å². The molecule has 3 aliphatic rings. The molecule has 8 nitrogen and oxygen atoms in total. The van der Waals surface area contributed by atoms with Crippen LogP contribution in [0.5, 0.6) is 0 Å². The van der Waals surface area contributed by atoms with E-state index in [-0.39, 0.29) is 0 Å². The van der Waals surface area contributed by atoms with Gasteiger partial charge in [-0.3, -0.25) is 9.47 Å². The van der Waals surface area contributed by atoms with Crippen molar-refractivity contribution < 1.29 is 4.74 Å². The minimum absolute atomic E-state index is 0.348. The quantitative estimate of drug-likeness (QED) is 0.605. The first-order valence-electron chi connectivity index (χ1n) is 11.3. The minimum atomic E-state index is 0.348. The Balaban J connectivity index is 1.31. The highest BCUT2D eigenvalue weighted by Crippen LogP contribution is 2.35. The molecule has 0 aliphatic carbocycles. The van der Waals surface area contributed by atoms with Crippen molar-refractivity contribution in [2.75, 3.05) is 31.2 Å². The summed E-state index contributed by atoms with van der Waals surface area (Å²) in [7, 11) is 0. The lowest BCUT2D eigenvalue weighted by molar-refractivity contribution is 0.133. The molecule has 0 amide bonds. The third-order valence-corrected chi connectivity index (χ3v) is 7.11. The van der Waals surface area contributed by atoms with Gasteiger partial charge in [-0.1, -0.05) is 11.6 Å². The Labute approximate surface area is 192 Å². The molecule has 1 atom stereocenters. The molecule has 2 fully saturated rings. The van der Waals surface area contributed by atoms with E-state index in [0.717, 1.165) is 87.0 Å². The number of aromatic nitrogens is 5. The van der Waals surface area contributed by atoms with Gasteiger partial charge in [0.05, 0.1) is 18.8 Å². The first kappa shape index (κ1) is 20.1. The van der Waals surface area contributed by atoms with E-state index in [1.807, 2.05) is 12.1 Å². The Morgan fingerprint density at radius 3 is 2.62 bits per heavy atom. The minimum Gasteiger partial charge on any atom is -0.380 e. The van der Waals surface area contributed by atoms with Crippen molar-refractivity contribution >= 4 is 17.5 Å². The number of halogens is 1. The maximum absolute atomic E-state index is 6.40. The van der Waals surface area contributed by atoms with E-state index in [2.05, 4.69) is 41.6 Å². The molecule has 2 aromatic heterocycles. The highest BCUT2D eigenvalue weighted by molar-refractivity contribution is 6.30. The van der Waals surface area contributed by atoms with Gasteiger partial charge in [-0.05, 0) is 49.1 Å². The van der Waals surface area contributed by atoms with Crippen molar-refractivity contribution in [1.82, 2.24) is 29.6 Å². The molecule has 0 spiro atoms. The Morgan fingerprint density at radius 1 is 1.00 bits per heavy atom. The molecule has 166 valence electrons. The van der Waals surface area contributed by atoms with Gasteiger partial charge >= 0.3 is 0 Å². The summed E-state index contributed by atoms with van der Waals surface area (Å²) in [6, 6.07) is 8.44. The molecule has 1 aromatic carbocycles. The Kier molecular flexibility index (Phi) is 5.29. The molecule has 2 saturated heterocycles. The van der Waals surface area contributed by atoms with Crippen LogP contribution >= 0.6 is 11.6 Å². The van der Waals surface area contributed by atoms with Crippen molar-refractivity contribution in [3.63, 3.8) is 0 Å². The molecule has 3 aliphatic heterocycles. The summed E-state index contributed by atoms with van der Waals surface area (Å²) in [4.78, 5) is 13.5. The Hall–Kier alpha value is -2.55. The molecule has 5 heterocycles. The van der Waals surface area contributed by atoms with Crippen LogP contribution < -0.4 is 4.90 Å². The van der Waals surface area contributed by atoms with E-state index in [9.17, 15) is 0 Å². The van der Waals surface area contributed by atoms with Crippen LogP contribution in [-0.4, -0.2) is 62.0 Å². The van der Waals surface area contributed by atoms with Crippen LogP contribution in [0.15, 0.2) is 36.7 Å². The van der Waals surface area contributed by atoms with E-state index < -0.39 is 0 Å². The maximum Gasteiger partial charge on any atom is 0.225 e. The van der Waals surface area contributed by atoms with Crippen molar-refractivity contribution in [3.05, 3.63) is 58.9 Å². The van der Waals surface area contributed by atoms with Crippen LogP contribution in [0.25, 0.3) is 5.69 Å². The molecule has 3 aromatic rings. The van der Waals surface area contributed by atoms with Crippen LogP contribution in [-0.2, 0) is 17.8 Å². The zero-order chi connectivity index (χ0) is 21.5. The molecule has 0 N–H and O–H groups in total. The first-order chi connectivity index (χ1) is 15.8. The SMILES string of the molecule is Clc1ccc2c(c1)CN([C@H]1CCOC1)Cc1nnc(C3CCN(c4ncccn4)CC3)n1-2. The normalized spacial score (nSPS) is 21.9. The number of piperidine rings is 1. The van der Waals surface area contributed by atoms with Gasteiger partial charge in [0.2, 0.25) is 5.95 Å². The first-order valence-corrected chi connectivity index (χ1v) is 11.7. The Bertz CT molecular complexity index is 1090. The van der Waals surface area contributed by atoms with Gasteiger partial charge in [0.25, 0.3) is 0 Å². The average molecular weight is 452 g/mol. The lowest BCUT2D eigenvalue weighted by Gasteiger charge is -2.31. The Morgan fingerprint density at radius 2 is 1.84 bits per heavy atom. The number of ether oxygens (including phenoxy) is 1. The number of rotatable bonds is 3. The third-order valence-electron chi connectivity index (χ3n) is 6.87. The van der Waals surface area contributed by atoms with Crippen LogP contribution in [0.3, 0.4) is 0 Å². The van der Waals surface area contributed by atoms with Crippen LogP contribution in [0.1, 0.15) is 42.4 Å². The fourth-order valence-electron chi connectivity index (χ4n) is 5.18. The number of anilines is 1. The molecule has 0 saturated carbocycles. The summed E-state index contributed by atoms with van der Waals surface area (Å²) in [6.45, 7) is 5.04. The standard InChI is InChI=1S/C23H26ClN7O/c24-18-2-3-20-17(12-18)13-30(19-6-11-32-15-19)14-21-27-28-22(31(20)21)16-4-9-29(10-5-16)23-25-7-1-8-26-23/h1-3,7-8,12,16,19H,4-6,9-11,13-15H2/t19-/m0/s1. The second-order valence-corrected chi connectivity index (χ2v) is 9.25. The predicted octanol–water partition coefficient (Wildman–Crippen LogP) is 3.20. The van der Waals surface area contributed by atoms with E-state index >= 15 is 0 Å². The summed E-state index contributed by atoms with van der Waals surface area (Å²) < 4.78 is 7.96. The van der Waals surface area contributed by atoms with E-state index in [1.54, 1.807) is 12.4 Å². The highest BCUT2D eigenvalue weighted by Gasteiger charge is 2.33. The number of benzene rings is 1. The van der Waals surface area contributed by atoms with Gasteiger partial charge in [0, 0.05) is 55.6 Å².